The minimum Gasteiger partial charge on any atom is -0.389 e. The number of hydrogen-bond acceptors (Lipinski definition) is 7. The molecule has 2 saturated carbocycles. The molecule has 2 bridgehead atoms. The van der Waals surface area contributed by atoms with Gasteiger partial charge in [-0.1, -0.05) is 11.6 Å². The highest BCUT2D eigenvalue weighted by Gasteiger charge is 2.59. The van der Waals surface area contributed by atoms with Crippen molar-refractivity contribution in [1.29, 1.82) is 0 Å². The Labute approximate surface area is 228 Å². The molecule has 2 aliphatic rings. The number of carbonyl (C=O) groups is 1. The largest absolute Gasteiger partial charge is 0.389 e. The monoisotopic (exact) mass is 610 g/mol. The van der Waals surface area contributed by atoms with E-state index in [-0.39, 0.29) is 34.0 Å². The summed E-state index contributed by atoms with van der Waals surface area (Å²) in [4.78, 5) is 12.3. The van der Waals surface area contributed by atoms with Crippen molar-refractivity contribution in [3.63, 3.8) is 0 Å². The number of aliphatic hydroxyl groups is 2. The molecule has 214 valence electrons. The van der Waals surface area contributed by atoms with Crippen molar-refractivity contribution in [1.82, 2.24) is 4.72 Å². The maximum atomic E-state index is 13.6. The number of hydrogen-bond donors (Lipinski definition) is 4. The molecule has 0 aromatic heterocycles. The zero-order chi connectivity index (χ0) is 28.9. The lowest BCUT2D eigenvalue weighted by atomic mass is 9.71. The molecule has 3 atom stereocenters. The fourth-order valence-electron chi connectivity index (χ4n) is 5.61. The van der Waals surface area contributed by atoms with Crippen LogP contribution in [0.4, 0.5) is 18.9 Å². The van der Waals surface area contributed by atoms with Gasteiger partial charge in [-0.15, -0.1) is 0 Å². The second-order valence-electron chi connectivity index (χ2n) is 9.99. The molecular formula is C24H26ClF3N2O7S2. The van der Waals surface area contributed by atoms with Crippen LogP contribution >= 0.6 is 11.6 Å². The van der Waals surface area contributed by atoms with E-state index in [1.807, 2.05) is 0 Å². The lowest BCUT2D eigenvalue weighted by molar-refractivity contribution is -0.138. The van der Waals surface area contributed by atoms with Gasteiger partial charge < -0.3 is 15.5 Å². The number of rotatable bonds is 8. The number of fused-ring (bicyclic) bond motifs is 2. The van der Waals surface area contributed by atoms with Crippen molar-refractivity contribution >= 4 is 43.1 Å². The summed E-state index contributed by atoms with van der Waals surface area (Å²) in [6.45, 7) is -0.426. The molecular weight excluding hydrogens is 585 g/mol. The van der Waals surface area contributed by atoms with E-state index in [1.165, 1.54) is 12.1 Å². The minimum atomic E-state index is -4.16. The van der Waals surface area contributed by atoms with Gasteiger partial charge in [0, 0.05) is 29.9 Å². The first-order valence-electron chi connectivity index (χ1n) is 11.9. The van der Waals surface area contributed by atoms with Gasteiger partial charge in [0.15, 0.2) is 27.3 Å². The van der Waals surface area contributed by atoms with Crippen LogP contribution in [0, 0.1) is 29.3 Å². The molecule has 3 unspecified atom stereocenters. The number of nitrogens with one attached hydrogen (secondary N) is 2. The summed E-state index contributed by atoms with van der Waals surface area (Å²) in [5.41, 5.74) is -2.27. The molecule has 2 aliphatic carbocycles. The molecule has 2 aromatic rings. The smallest absolute Gasteiger partial charge is 0.255 e. The molecule has 1 amide bonds. The van der Waals surface area contributed by atoms with Crippen molar-refractivity contribution in [3.8, 4) is 0 Å². The summed E-state index contributed by atoms with van der Waals surface area (Å²) in [7, 11) is -7.79. The SMILES string of the molecule is CS(=O)(=O)NCC(O)[C@]1(O)C2CCC1C[C@@H](S(=O)(=O)c1cc(C(=O)Nc3cc(F)c(F)c(F)c3)ccc1Cl)C2. The summed E-state index contributed by atoms with van der Waals surface area (Å²) >= 11 is 6.20. The average molecular weight is 611 g/mol. The van der Waals surface area contributed by atoms with E-state index in [2.05, 4.69) is 10.0 Å². The molecule has 0 aliphatic heterocycles. The van der Waals surface area contributed by atoms with Crippen molar-refractivity contribution < 1.29 is 45.0 Å². The van der Waals surface area contributed by atoms with Crippen molar-refractivity contribution in [2.45, 2.75) is 47.5 Å². The average Bonchev–Trinajstić information content (AvgIpc) is 3.01. The number of benzene rings is 2. The first-order chi connectivity index (χ1) is 18.0. The summed E-state index contributed by atoms with van der Waals surface area (Å²) in [5, 5.41) is 23.0. The Morgan fingerprint density at radius 1 is 1.08 bits per heavy atom. The van der Waals surface area contributed by atoms with Crippen LogP contribution in [0.5, 0.6) is 0 Å². The molecule has 0 saturated heterocycles. The fraction of sp³-hybridized carbons (Fsp3) is 0.458. The third kappa shape index (κ3) is 5.81. The lowest BCUT2D eigenvalue weighted by Crippen LogP contribution is -2.58. The van der Waals surface area contributed by atoms with Crippen LogP contribution in [-0.2, 0) is 19.9 Å². The number of anilines is 1. The molecule has 0 heterocycles. The van der Waals surface area contributed by atoms with Crippen LogP contribution < -0.4 is 10.0 Å². The molecule has 0 spiro atoms. The predicted octanol–water partition coefficient (Wildman–Crippen LogP) is 2.61. The highest BCUT2D eigenvalue weighted by atomic mass is 35.5. The normalized spacial score (nSPS) is 25.9. The number of aliphatic hydroxyl groups excluding tert-OH is 1. The highest BCUT2D eigenvalue weighted by molar-refractivity contribution is 7.92. The molecule has 9 nitrogen and oxygen atoms in total. The molecule has 15 heteroatoms. The third-order valence-electron chi connectivity index (χ3n) is 7.52. The molecule has 4 N–H and O–H groups in total. The number of carbonyl (C=O) groups excluding carboxylic acids is 1. The zero-order valence-corrected chi connectivity index (χ0v) is 22.9. The van der Waals surface area contributed by atoms with E-state index in [0.717, 1.165) is 12.3 Å². The van der Waals surface area contributed by atoms with Crippen molar-refractivity contribution in [2.24, 2.45) is 11.8 Å². The third-order valence-corrected chi connectivity index (χ3v) is 10.9. The van der Waals surface area contributed by atoms with Crippen LogP contribution in [0.3, 0.4) is 0 Å². The van der Waals surface area contributed by atoms with Gasteiger partial charge in [0.1, 0.15) is 0 Å². The Balaban J connectivity index is 1.55. The lowest BCUT2D eigenvalue weighted by Gasteiger charge is -2.45. The van der Waals surface area contributed by atoms with Gasteiger partial charge in [-0.05, 0) is 55.7 Å². The van der Waals surface area contributed by atoms with Crippen LogP contribution in [0.1, 0.15) is 36.0 Å². The Hall–Kier alpha value is -2.23. The van der Waals surface area contributed by atoms with E-state index < -0.39 is 78.6 Å². The van der Waals surface area contributed by atoms with Gasteiger partial charge in [0.05, 0.1) is 33.1 Å². The van der Waals surface area contributed by atoms with Crippen LogP contribution in [0.15, 0.2) is 35.2 Å². The maximum absolute atomic E-state index is 13.6. The summed E-state index contributed by atoms with van der Waals surface area (Å²) in [5.74, 6) is -6.95. The molecule has 2 aromatic carbocycles. The number of halogens is 4. The van der Waals surface area contributed by atoms with Crippen LogP contribution in [-0.4, -0.2) is 62.7 Å². The van der Waals surface area contributed by atoms with Crippen LogP contribution in [0.25, 0.3) is 0 Å². The minimum absolute atomic E-state index is 0.0356. The van der Waals surface area contributed by atoms with Gasteiger partial charge in [0.25, 0.3) is 5.91 Å². The quantitative estimate of drug-likeness (QED) is 0.336. The Bertz CT molecular complexity index is 1480. The van der Waals surface area contributed by atoms with E-state index in [4.69, 9.17) is 11.6 Å². The first-order valence-corrected chi connectivity index (χ1v) is 15.7. The first kappa shape index (κ1) is 29.7. The van der Waals surface area contributed by atoms with Gasteiger partial charge in [0.2, 0.25) is 10.0 Å². The van der Waals surface area contributed by atoms with Gasteiger partial charge in [-0.25, -0.2) is 34.7 Å². The maximum Gasteiger partial charge on any atom is 0.255 e. The van der Waals surface area contributed by atoms with E-state index in [1.54, 1.807) is 0 Å². The Morgan fingerprint density at radius 2 is 1.64 bits per heavy atom. The number of sulfone groups is 1. The molecule has 4 rings (SSSR count). The van der Waals surface area contributed by atoms with Gasteiger partial charge >= 0.3 is 0 Å². The summed E-state index contributed by atoms with van der Waals surface area (Å²) < 4.78 is 92.5. The van der Waals surface area contributed by atoms with Gasteiger partial charge in [-0.2, -0.15) is 0 Å². The Kier molecular flexibility index (Phi) is 8.11. The van der Waals surface area contributed by atoms with Gasteiger partial charge in [-0.3, -0.25) is 4.79 Å². The van der Waals surface area contributed by atoms with E-state index in [9.17, 15) is 45.0 Å². The molecule has 0 radical (unpaired) electrons. The Morgan fingerprint density at radius 3 is 2.18 bits per heavy atom. The van der Waals surface area contributed by atoms with Crippen LogP contribution in [0.2, 0.25) is 5.02 Å². The number of amides is 1. The predicted molar refractivity (Wildman–Crippen MR) is 136 cm³/mol. The summed E-state index contributed by atoms with van der Waals surface area (Å²) in [6.07, 6.45) is 0.230. The fourth-order valence-corrected chi connectivity index (χ4v) is 8.47. The summed E-state index contributed by atoms with van der Waals surface area (Å²) in [6, 6.07) is 4.56. The zero-order valence-electron chi connectivity index (χ0n) is 20.5. The highest BCUT2D eigenvalue weighted by Crippen LogP contribution is 2.53. The van der Waals surface area contributed by atoms with Crippen molar-refractivity contribution in [3.05, 3.63) is 58.4 Å². The standard InChI is InChI=1S/C24H26ClF3N2O7S2/c1-38(34,35)29-11-21(31)24(33)13-3-4-14(24)8-16(7-13)39(36,37)20-6-12(2-5-17(20)25)23(32)30-15-9-18(26)22(28)19(27)10-15/h2,5-6,9-10,13-14,16,21,29,31,33H,3-4,7-8,11H2,1H3,(H,30,32)/t13?,14?,16-,21?,24-. The number of sulfonamides is 1. The van der Waals surface area contributed by atoms with E-state index in [0.29, 0.717) is 25.0 Å². The second kappa shape index (κ2) is 10.6. The van der Waals surface area contributed by atoms with E-state index >= 15 is 0 Å². The topological polar surface area (TPSA) is 150 Å². The second-order valence-corrected chi connectivity index (χ2v) is 14.4. The van der Waals surface area contributed by atoms with Crippen molar-refractivity contribution in [2.75, 3.05) is 18.1 Å². The molecule has 2 fully saturated rings. The molecule has 39 heavy (non-hydrogen) atoms.